The average molecular weight is 222 g/mol. The Labute approximate surface area is 98.2 Å². The van der Waals surface area contributed by atoms with Gasteiger partial charge in [-0.15, -0.1) is 0 Å². The maximum absolute atomic E-state index is 5.66. The minimum atomic E-state index is 0.161. The molecule has 1 heterocycles. The molecule has 0 aliphatic heterocycles. The van der Waals surface area contributed by atoms with Crippen molar-refractivity contribution < 1.29 is 4.74 Å². The molecule has 1 N–H and O–H groups in total. The molecule has 1 aromatic rings. The molecule has 0 spiro atoms. The van der Waals surface area contributed by atoms with Gasteiger partial charge in [0, 0.05) is 19.0 Å². The van der Waals surface area contributed by atoms with Gasteiger partial charge in [-0.1, -0.05) is 13.0 Å². The first-order chi connectivity index (χ1) is 7.69. The van der Waals surface area contributed by atoms with Crippen molar-refractivity contribution in [2.45, 2.75) is 39.8 Å². The quantitative estimate of drug-likeness (QED) is 0.803. The highest BCUT2D eigenvalue weighted by molar-refractivity contribution is 5.21. The van der Waals surface area contributed by atoms with E-state index in [1.165, 1.54) is 11.1 Å². The van der Waals surface area contributed by atoms with Crippen LogP contribution in [-0.4, -0.2) is 24.2 Å². The molecule has 16 heavy (non-hydrogen) atoms. The molecule has 0 saturated heterocycles. The van der Waals surface area contributed by atoms with Crippen molar-refractivity contribution in [3.8, 4) is 0 Å². The van der Waals surface area contributed by atoms with Gasteiger partial charge in [-0.2, -0.15) is 0 Å². The van der Waals surface area contributed by atoms with Gasteiger partial charge >= 0.3 is 0 Å². The smallest absolute Gasteiger partial charge is 0.0742 e. The number of aryl methyl sites for hydroxylation is 1. The maximum atomic E-state index is 5.66. The van der Waals surface area contributed by atoms with Gasteiger partial charge in [0.05, 0.1) is 12.1 Å². The summed E-state index contributed by atoms with van der Waals surface area (Å²) in [4.78, 5) is 4.23. The van der Waals surface area contributed by atoms with Gasteiger partial charge < -0.3 is 10.1 Å². The minimum absolute atomic E-state index is 0.161. The van der Waals surface area contributed by atoms with Crippen LogP contribution < -0.4 is 5.32 Å². The third kappa shape index (κ3) is 3.58. The molecule has 2 atom stereocenters. The number of nitrogens with one attached hydrogen (secondary N) is 1. The van der Waals surface area contributed by atoms with E-state index in [-0.39, 0.29) is 12.1 Å². The third-order valence-corrected chi connectivity index (χ3v) is 2.58. The van der Waals surface area contributed by atoms with Crippen molar-refractivity contribution in [3.63, 3.8) is 0 Å². The van der Waals surface area contributed by atoms with Crippen LogP contribution in [0.3, 0.4) is 0 Å². The molecule has 90 valence electrons. The van der Waals surface area contributed by atoms with E-state index < -0.39 is 0 Å². The normalized spacial score (nSPS) is 14.8. The summed E-state index contributed by atoms with van der Waals surface area (Å²) in [5.41, 5.74) is 2.38. The zero-order chi connectivity index (χ0) is 12.0. The van der Waals surface area contributed by atoms with Gasteiger partial charge in [0.15, 0.2) is 0 Å². The number of aromatic nitrogens is 1. The minimum Gasteiger partial charge on any atom is -0.377 e. The van der Waals surface area contributed by atoms with Crippen LogP contribution in [0.15, 0.2) is 18.5 Å². The van der Waals surface area contributed by atoms with Gasteiger partial charge in [-0.05, 0) is 38.4 Å². The maximum Gasteiger partial charge on any atom is 0.0742 e. The van der Waals surface area contributed by atoms with Crippen molar-refractivity contribution in [3.05, 3.63) is 29.6 Å². The number of pyridine rings is 1. The van der Waals surface area contributed by atoms with Crippen LogP contribution in [0.5, 0.6) is 0 Å². The van der Waals surface area contributed by atoms with Crippen LogP contribution in [0, 0.1) is 6.92 Å². The van der Waals surface area contributed by atoms with Crippen LogP contribution in [0.2, 0.25) is 0 Å². The number of rotatable bonds is 6. The van der Waals surface area contributed by atoms with E-state index in [1.807, 2.05) is 19.3 Å². The van der Waals surface area contributed by atoms with E-state index in [1.54, 1.807) is 0 Å². The lowest BCUT2D eigenvalue weighted by molar-refractivity contribution is 0.0476. The van der Waals surface area contributed by atoms with Crippen LogP contribution in [0.1, 0.15) is 37.9 Å². The Morgan fingerprint density at radius 2 is 2.12 bits per heavy atom. The Kier molecular flexibility index (Phi) is 5.43. The fourth-order valence-corrected chi connectivity index (χ4v) is 1.88. The first-order valence-corrected chi connectivity index (χ1v) is 5.95. The predicted octanol–water partition coefficient (Wildman–Crippen LogP) is 2.47. The average Bonchev–Trinajstić information content (AvgIpc) is 2.26. The fraction of sp³-hybridized carbons (Fsp3) is 0.615. The second-order valence-corrected chi connectivity index (χ2v) is 3.99. The van der Waals surface area contributed by atoms with Crippen molar-refractivity contribution >= 4 is 0 Å². The number of nitrogens with zero attached hydrogens (tertiary/aromatic N) is 1. The Bertz CT molecular complexity index is 315. The summed E-state index contributed by atoms with van der Waals surface area (Å²) >= 11 is 0. The van der Waals surface area contributed by atoms with Gasteiger partial charge in [0.2, 0.25) is 0 Å². The summed E-state index contributed by atoms with van der Waals surface area (Å²) in [6, 6.07) is 2.38. The summed E-state index contributed by atoms with van der Waals surface area (Å²) in [7, 11) is 0. The Morgan fingerprint density at radius 3 is 2.69 bits per heavy atom. The monoisotopic (exact) mass is 222 g/mol. The molecule has 2 unspecified atom stereocenters. The summed E-state index contributed by atoms with van der Waals surface area (Å²) < 4.78 is 5.66. The summed E-state index contributed by atoms with van der Waals surface area (Å²) in [6.07, 6.45) is 3.95. The second kappa shape index (κ2) is 6.61. The number of hydrogen-bond acceptors (Lipinski definition) is 3. The number of ether oxygens (including phenoxy) is 1. The van der Waals surface area contributed by atoms with E-state index in [4.69, 9.17) is 4.74 Å². The molecule has 0 aliphatic rings. The zero-order valence-corrected chi connectivity index (χ0v) is 10.7. The SMILES string of the molecule is CCNC(c1cncc(C)c1)C(C)OCC. The predicted molar refractivity (Wildman–Crippen MR) is 66.5 cm³/mol. The lowest BCUT2D eigenvalue weighted by Crippen LogP contribution is -2.32. The van der Waals surface area contributed by atoms with E-state index in [0.717, 1.165) is 13.2 Å². The molecule has 0 radical (unpaired) electrons. The highest BCUT2D eigenvalue weighted by Crippen LogP contribution is 2.19. The molecule has 0 saturated carbocycles. The third-order valence-electron chi connectivity index (χ3n) is 2.58. The topological polar surface area (TPSA) is 34.2 Å². The molecule has 3 nitrogen and oxygen atoms in total. The molecule has 1 aromatic heterocycles. The molecule has 0 aromatic carbocycles. The Morgan fingerprint density at radius 1 is 1.38 bits per heavy atom. The van der Waals surface area contributed by atoms with Crippen molar-refractivity contribution in [2.75, 3.05) is 13.2 Å². The second-order valence-electron chi connectivity index (χ2n) is 3.99. The zero-order valence-electron chi connectivity index (χ0n) is 10.7. The van der Waals surface area contributed by atoms with E-state index in [0.29, 0.717) is 0 Å². The molecule has 1 rings (SSSR count). The van der Waals surface area contributed by atoms with Gasteiger partial charge in [0.25, 0.3) is 0 Å². The van der Waals surface area contributed by atoms with Crippen LogP contribution >= 0.6 is 0 Å². The molecule has 0 fully saturated rings. The van der Waals surface area contributed by atoms with Crippen molar-refractivity contribution in [1.29, 1.82) is 0 Å². The fourth-order valence-electron chi connectivity index (χ4n) is 1.88. The lowest BCUT2D eigenvalue weighted by Gasteiger charge is -2.25. The largest absolute Gasteiger partial charge is 0.377 e. The summed E-state index contributed by atoms with van der Waals surface area (Å²) in [5, 5.41) is 3.45. The van der Waals surface area contributed by atoms with Crippen molar-refractivity contribution in [2.24, 2.45) is 0 Å². The Hall–Kier alpha value is -0.930. The van der Waals surface area contributed by atoms with Crippen molar-refractivity contribution in [1.82, 2.24) is 10.3 Å². The highest BCUT2D eigenvalue weighted by atomic mass is 16.5. The highest BCUT2D eigenvalue weighted by Gasteiger charge is 2.18. The van der Waals surface area contributed by atoms with E-state index >= 15 is 0 Å². The first-order valence-electron chi connectivity index (χ1n) is 5.95. The van der Waals surface area contributed by atoms with Crippen LogP contribution in [0.4, 0.5) is 0 Å². The molecule has 0 bridgehead atoms. The first kappa shape index (κ1) is 13.1. The molecule has 0 amide bonds. The number of likely N-dealkylation sites (N-methyl/N-ethyl adjacent to an activating group) is 1. The number of hydrogen-bond donors (Lipinski definition) is 1. The molecule has 3 heteroatoms. The molecule has 0 aliphatic carbocycles. The van der Waals surface area contributed by atoms with Gasteiger partial charge in [-0.3, -0.25) is 4.98 Å². The van der Waals surface area contributed by atoms with Gasteiger partial charge in [-0.25, -0.2) is 0 Å². The van der Waals surface area contributed by atoms with E-state index in [9.17, 15) is 0 Å². The Balaban J connectivity index is 2.83. The lowest BCUT2D eigenvalue weighted by atomic mass is 10.0. The van der Waals surface area contributed by atoms with Crippen LogP contribution in [0.25, 0.3) is 0 Å². The summed E-state index contributed by atoms with van der Waals surface area (Å²) in [6.45, 7) is 9.95. The van der Waals surface area contributed by atoms with Gasteiger partial charge in [0.1, 0.15) is 0 Å². The standard InChI is InChI=1S/C13H22N2O/c1-5-15-13(11(4)16-6-2)12-7-10(3)8-14-9-12/h7-9,11,13,15H,5-6H2,1-4H3. The van der Waals surface area contributed by atoms with Crippen LogP contribution in [-0.2, 0) is 4.74 Å². The molecular formula is C13H22N2O. The van der Waals surface area contributed by atoms with E-state index in [2.05, 4.69) is 37.1 Å². The molecular weight excluding hydrogens is 200 g/mol. The summed E-state index contributed by atoms with van der Waals surface area (Å²) in [5.74, 6) is 0.